The first-order chi connectivity index (χ1) is 13.5. The van der Waals surface area contributed by atoms with E-state index in [9.17, 15) is 4.39 Å². The summed E-state index contributed by atoms with van der Waals surface area (Å²) in [5.41, 5.74) is 1.34. The van der Waals surface area contributed by atoms with Crippen molar-refractivity contribution in [2.75, 3.05) is 18.0 Å². The molecular weight excluding hydrogens is 398 g/mol. The second-order valence-electron chi connectivity index (χ2n) is 7.03. The van der Waals surface area contributed by atoms with Gasteiger partial charge >= 0.3 is 0 Å². The summed E-state index contributed by atoms with van der Waals surface area (Å²) in [6, 6.07) is 8.04. The van der Waals surface area contributed by atoms with Gasteiger partial charge in [-0.05, 0) is 43.0 Å². The molecule has 0 N–H and O–H groups in total. The highest BCUT2D eigenvalue weighted by Crippen LogP contribution is 2.43. The number of nitrogens with zero attached hydrogens (tertiary/aromatic N) is 4. The van der Waals surface area contributed by atoms with Gasteiger partial charge in [-0.1, -0.05) is 36.2 Å². The monoisotopic (exact) mass is 416 g/mol. The molecule has 0 atom stereocenters. The van der Waals surface area contributed by atoms with Gasteiger partial charge in [-0.2, -0.15) is 0 Å². The summed E-state index contributed by atoms with van der Waals surface area (Å²) in [6.45, 7) is 3.88. The van der Waals surface area contributed by atoms with Crippen LogP contribution in [0.15, 0.2) is 42.7 Å². The Labute approximate surface area is 173 Å². The molecule has 1 aliphatic heterocycles. The Morgan fingerprint density at radius 2 is 1.71 bits per heavy atom. The molecule has 3 heterocycles. The van der Waals surface area contributed by atoms with Crippen molar-refractivity contribution in [2.45, 2.75) is 19.8 Å². The Morgan fingerprint density at radius 3 is 2.39 bits per heavy atom. The zero-order chi connectivity index (χ0) is 19.7. The van der Waals surface area contributed by atoms with Crippen LogP contribution < -0.4 is 4.90 Å². The number of hydrogen-bond acceptors (Lipinski definition) is 4. The van der Waals surface area contributed by atoms with Crippen molar-refractivity contribution >= 4 is 29.0 Å². The van der Waals surface area contributed by atoms with Crippen molar-refractivity contribution in [2.24, 2.45) is 5.92 Å². The van der Waals surface area contributed by atoms with Crippen molar-refractivity contribution in [3.63, 3.8) is 0 Å². The van der Waals surface area contributed by atoms with Crippen LogP contribution in [0.4, 0.5) is 10.2 Å². The van der Waals surface area contributed by atoms with E-state index >= 15 is 0 Å². The third-order valence-corrected chi connectivity index (χ3v) is 5.66. The number of pyridine rings is 1. The van der Waals surface area contributed by atoms with Crippen LogP contribution in [0.1, 0.15) is 19.8 Å². The number of rotatable bonds is 3. The van der Waals surface area contributed by atoms with Crippen LogP contribution in [-0.4, -0.2) is 28.0 Å². The van der Waals surface area contributed by atoms with Crippen LogP contribution in [0.5, 0.6) is 0 Å². The average Bonchev–Trinajstić information content (AvgIpc) is 2.70. The molecule has 1 saturated heterocycles. The second-order valence-corrected chi connectivity index (χ2v) is 7.84. The normalized spacial score (nSPS) is 15.1. The molecule has 0 aliphatic carbocycles. The fourth-order valence-electron chi connectivity index (χ4n) is 3.46. The summed E-state index contributed by atoms with van der Waals surface area (Å²) in [6.07, 6.45) is 5.38. The summed E-state index contributed by atoms with van der Waals surface area (Å²) in [7, 11) is 0. The third kappa shape index (κ3) is 3.69. The van der Waals surface area contributed by atoms with Crippen molar-refractivity contribution < 1.29 is 4.39 Å². The van der Waals surface area contributed by atoms with Crippen LogP contribution in [0.3, 0.4) is 0 Å². The smallest absolute Gasteiger partial charge is 0.178 e. The number of benzene rings is 1. The Kier molecular flexibility index (Phi) is 5.47. The first-order valence-corrected chi connectivity index (χ1v) is 9.97. The van der Waals surface area contributed by atoms with E-state index in [1.807, 2.05) is 0 Å². The fraction of sp³-hybridized carbons (Fsp3) is 0.286. The maximum atomic E-state index is 14.7. The van der Waals surface area contributed by atoms with Crippen molar-refractivity contribution in [3.05, 3.63) is 58.6 Å². The fourth-order valence-corrected chi connectivity index (χ4v) is 4.00. The molecular formula is C21H19Cl2FN4. The highest BCUT2D eigenvalue weighted by molar-refractivity contribution is 6.37. The molecule has 4 rings (SSSR count). The van der Waals surface area contributed by atoms with E-state index in [0.29, 0.717) is 38.9 Å². The van der Waals surface area contributed by atoms with Gasteiger partial charge in [0.2, 0.25) is 0 Å². The first kappa shape index (κ1) is 19.1. The Balaban J connectivity index is 1.92. The number of hydrogen-bond donors (Lipinski definition) is 0. The summed E-state index contributed by atoms with van der Waals surface area (Å²) in [4.78, 5) is 15.5. The van der Waals surface area contributed by atoms with E-state index in [1.165, 1.54) is 6.07 Å². The lowest BCUT2D eigenvalue weighted by atomic mass is 9.97. The summed E-state index contributed by atoms with van der Waals surface area (Å²) >= 11 is 13.0. The zero-order valence-electron chi connectivity index (χ0n) is 15.4. The number of halogens is 3. The van der Waals surface area contributed by atoms with E-state index in [0.717, 1.165) is 25.9 Å². The topological polar surface area (TPSA) is 41.9 Å². The lowest BCUT2D eigenvalue weighted by molar-refractivity contribution is 0.437. The molecule has 2 aromatic heterocycles. The van der Waals surface area contributed by atoms with E-state index in [-0.39, 0.29) is 5.56 Å². The zero-order valence-corrected chi connectivity index (χ0v) is 16.9. The summed E-state index contributed by atoms with van der Waals surface area (Å²) in [5, 5.41) is 0.678. The quantitative estimate of drug-likeness (QED) is 0.533. The third-order valence-electron chi connectivity index (χ3n) is 5.04. The summed E-state index contributed by atoms with van der Waals surface area (Å²) < 4.78 is 14.7. The van der Waals surface area contributed by atoms with Gasteiger partial charge in [-0.25, -0.2) is 19.3 Å². The molecule has 0 amide bonds. The minimum absolute atomic E-state index is 0.274. The Morgan fingerprint density at radius 1 is 1.00 bits per heavy atom. The van der Waals surface area contributed by atoms with E-state index < -0.39 is 5.82 Å². The molecule has 0 saturated carbocycles. The molecule has 3 aromatic rings. The van der Waals surface area contributed by atoms with Crippen LogP contribution in [0.2, 0.25) is 10.0 Å². The molecule has 0 bridgehead atoms. The molecule has 0 spiro atoms. The van der Waals surface area contributed by atoms with E-state index in [1.54, 1.807) is 36.7 Å². The van der Waals surface area contributed by atoms with Gasteiger partial charge < -0.3 is 4.90 Å². The minimum Gasteiger partial charge on any atom is -0.356 e. The van der Waals surface area contributed by atoms with Crippen molar-refractivity contribution in [3.8, 4) is 22.6 Å². The highest BCUT2D eigenvalue weighted by atomic mass is 35.5. The molecule has 7 heteroatoms. The number of anilines is 1. The molecule has 1 aromatic carbocycles. The molecule has 1 fully saturated rings. The Bertz CT molecular complexity index is 969. The van der Waals surface area contributed by atoms with Gasteiger partial charge in [0, 0.05) is 36.6 Å². The SMILES string of the molecule is CC1CCN(c2nc(-c3ncccn3)cc(Cl)c2-c2c(F)cccc2Cl)CC1. The lowest BCUT2D eigenvalue weighted by Gasteiger charge is -2.33. The first-order valence-electron chi connectivity index (χ1n) is 9.22. The van der Waals surface area contributed by atoms with Gasteiger partial charge in [-0.3, -0.25) is 0 Å². The standard InChI is InChI=1S/C21H19Cl2FN4/c1-13-6-10-28(11-7-13)21-19(18-14(22)4-2-5-16(18)24)15(23)12-17(27-21)20-25-8-3-9-26-20/h2-5,8-9,12-13H,6-7,10-11H2,1H3. The van der Waals surface area contributed by atoms with Gasteiger partial charge in [0.15, 0.2) is 5.82 Å². The number of piperidine rings is 1. The predicted octanol–water partition coefficient (Wildman–Crippen LogP) is 5.89. The Hall–Kier alpha value is -2.24. The van der Waals surface area contributed by atoms with Gasteiger partial charge in [-0.15, -0.1) is 0 Å². The highest BCUT2D eigenvalue weighted by Gasteiger charge is 2.26. The van der Waals surface area contributed by atoms with Crippen LogP contribution in [-0.2, 0) is 0 Å². The average molecular weight is 417 g/mol. The van der Waals surface area contributed by atoms with Gasteiger partial charge in [0.05, 0.1) is 10.0 Å². The maximum absolute atomic E-state index is 14.7. The largest absolute Gasteiger partial charge is 0.356 e. The van der Waals surface area contributed by atoms with Crippen LogP contribution in [0, 0.1) is 11.7 Å². The minimum atomic E-state index is -0.425. The number of aromatic nitrogens is 3. The lowest BCUT2D eigenvalue weighted by Crippen LogP contribution is -2.34. The molecule has 28 heavy (non-hydrogen) atoms. The van der Waals surface area contributed by atoms with Gasteiger partial charge in [0.1, 0.15) is 17.3 Å². The second kappa shape index (κ2) is 8.02. The van der Waals surface area contributed by atoms with Gasteiger partial charge in [0.25, 0.3) is 0 Å². The van der Waals surface area contributed by atoms with Crippen molar-refractivity contribution in [1.29, 1.82) is 0 Å². The molecule has 0 radical (unpaired) electrons. The van der Waals surface area contributed by atoms with Crippen LogP contribution >= 0.6 is 23.2 Å². The van der Waals surface area contributed by atoms with Crippen LogP contribution in [0.25, 0.3) is 22.6 Å². The maximum Gasteiger partial charge on any atom is 0.178 e. The molecule has 1 aliphatic rings. The summed E-state index contributed by atoms with van der Waals surface area (Å²) in [5.74, 6) is 1.32. The van der Waals surface area contributed by atoms with E-state index in [2.05, 4.69) is 21.8 Å². The van der Waals surface area contributed by atoms with Crippen molar-refractivity contribution in [1.82, 2.24) is 15.0 Å². The molecule has 0 unspecified atom stereocenters. The van der Waals surface area contributed by atoms with E-state index in [4.69, 9.17) is 28.2 Å². The molecule has 4 nitrogen and oxygen atoms in total. The predicted molar refractivity (Wildman–Crippen MR) is 111 cm³/mol. The molecule has 144 valence electrons.